The number of hydrogen-bond acceptors (Lipinski definition) is 4. The maximum absolute atomic E-state index is 13.0. The number of aryl methyl sites for hydroxylation is 1. The average Bonchev–Trinajstić information content (AvgIpc) is 2.74. The number of methoxy groups -OCH3 is 1. The van der Waals surface area contributed by atoms with Crippen LogP contribution in [0.2, 0.25) is 0 Å². The molecular formula is C24H28N2O3S. The highest BCUT2D eigenvalue weighted by molar-refractivity contribution is 7.89. The minimum absolute atomic E-state index is 0.254. The lowest BCUT2D eigenvalue weighted by Gasteiger charge is -2.23. The summed E-state index contributed by atoms with van der Waals surface area (Å²) in [7, 11) is -2.04. The van der Waals surface area contributed by atoms with Gasteiger partial charge < -0.3 is 10.5 Å². The van der Waals surface area contributed by atoms with Crippen LogP contribution in [0.5, 0.6) is 5.75 Å². The van der Waals surface area contributed by atoms with Gasteiger partial charge in [0.25, 0.3) is 0 Å². The van der Waals surface area contributed by atoms with Gasteiger partial charge in [0.05, 0.1) is 12.0 Å². The molecule has 158 valence electrons. The van der Waals surface area contributed by atoms with Crippen LogP contribution >= 0.6 is 0 Å². The van der Waals surface area contributed by atoms with E-state index in [9.17, 15) is 8.42 Å². The van der Waals surface area contributed by atoms with Crippen molar-refractivity contribution in [2.75, 3.05) is 7.11 Å². The summed E-state index contributed by atoms with van der Waals surface area (Å²) >= 11 is 0. The molecule has 0 radical (unpaired) electrons. The van der Waals surface area contributed by atoms with Crippen molar-refractivity contribution in [1.29, 1.82) is 0 Å². The molecule has 3 rings (SSSR count). The van der Waals surface area contributed by atoms with Crippen LogP contribution in [0.3, 0.4) is 0 Å². The van der Waals surface area contributed by atoms with Crippen molar-refractivity contribution >= 4 is 10.0 Å². The maximum atomic E-state index is 13.0. The zero-order valence-corrected chi connectivity index (χ0v) is 18.1. The first-order chi connectivity index (χ1) is 14.4. The largest absolute Gasteiger partial charge is 0.497 e. The molecule has 3 N–H and O–H groups in total. The van der Waals surface area contributed by atoms with Crippen LogP contribution in [0.25, 0.3) is 0 Å². The van der Waals surface area contributed by atoms with Gasteiger partial charge in [-0.1, -0.05) is 60.2 Å². The normalized spacial score (nSPS) is 13.6. The summed E-state index contributed by atoms with van der Waals surface area (Å²) in [5, 5.41) is 0. The molecule has 30 heavy (non-hydrogen) atoms. The molecule has 0 saturated heterocycles. The molecule has 0 aliphatic heterocycles. The second-order valence-corrected chi connectivity index (χ2v) is 9.15. The molecule has 0 heterocycles. The molecule has 2 atom stereocenters. The van der Waals surface area contributed by atoms with Crippen LogP contribution in [0.4, 0.5) is 0 Å². The van der Waals surface area contributed by atoms with E-state index >= 15 is 0 Å². The standard InChI is InChI=1S/C24H28N2O3S/c1-18-8-14-23(15-9-18)30(27,28)26-21(16-19-6-4-3-5-7-19)17-24(25)20-10-12-22(29-2)13-11-20/h3-15,21,24,26H,16-17,25H2,1-2H3/t21-,24-/m0/s1. The monoisotopic (exact) mass is 424 g/mol. The lowest BCUT2D eigenvalue weighted by Crippen LogP contribution is -2.38. The van der Waals surface area contributed by atoms with Crippen molar-refractivity contribution < 1.29 is 13.2 Å². The fourth-order valence-corrected chi connectivity index (χ4v) is 4.62. The second-order valence-electron chi connectivity index (χ2n) is 7.44. The number of ether oxygens (including phenoxy) is 1. The molecule has 0 aliphatic rings. The highest BCUT2D eigenvalue weighted by atomic mass is 32.2. The number of hydrogen-bond donors (Lipinski definition) is 2. The minimum Gasteiger partial charge on any atom is -0.497 e. The van der Waals surface area contributed by atoms with Crippen molar-refractivity contribution in [3.8, 4) is 5.75 Å². The molecule has 0 aromatic heterocycles. The van der Waals surface area contributed by atoms with Crippen molar-refractivity contribution in [3.63, 3.8) is 0 Å². The summed E-state index contributed by atoms with van der Waals surface area (Å²) in [4.78, 5) is 0.254. The first kappa shape index (κ1) is 22.0. The Morgan fingerprint density at radius 2 is 1.57 bits per heavy atom. The fraction of sp³-hybridized carbons (Fsp3) is 0.250. The third kappa shape index (κ3) is 5.92. The predicted molar refractivity (Wildman–Crippen MR) is 120 cm³/mol. The van der Waals surface area contributed by atoms with E-state index in [0.717, 1.165) is 22.4 Å². The van der Waals surface area contributed by atoms with Gasteiger partial charge >= 0.3 is 0 Å². The van der Waals surface area contributed by atoms with E-state index in [1.807, 2.05) is 61.5 Å². The first-order valence-electron chi connectivity index (χ1n) is 9.90. The van der Waals surface area contributed by atoms with Crippen molar-refractivity contribution in [1.82, 2.24) is 4.72 Å². The van der Waals surface area contributed by atoms with Gasteiger partial charge in [-0.2, -0.15) is 0 Å². The average molecular weight is 425 g/mol. The zero-order chi connectivity index (χ0) is 21.6. The van der Waals surface area contributed by atoms with E-state index in [2.05, 4.69) is 4.72 Å². The molecule has 6 heteroatoms. The van der Waals surface area contributed by atoms with E-state index in [4.69, 9.17) is 10.5 Å². The Morgan fingerprint density at radius 1 is 0.933 bits per heavy atom. The van der Waals surface area contributed by atoms with Gasteiger partial charge in [-0.25, -0.2) is 13.1 Å². The topological polar surface area (TPSA) is 81.4 Å². The lowest BCUT2D eigenvalue weighted by molar-refractivity contribution is 0.414. The highest BCUT2D eigenvalue weighted by Gasteiger charge is 2.23. The van der Waals surface area contributed by atoms with E-state index < -0.39 is 10.0 Å². The smallest absolute Gasteiger partial charge is 0.240 e. The molecule has 3 aromatic rings. The van der Waals surface area contributed by atoms with Gasteiger partial charge in [0, 0.05) is 12.1 Å². The third-order valence-corrected chi connectivity index (χ3v) is 6.60. The summed E-state index contributed by atoms with van der Waals surface area (Å²) in [6.45, 7) is 1.93. The van der Waals surface area contributed by atoms with Crippen molar-refractivity contribution in [3.05, 3.63) is 95.6 Å². The Hall–Kier alpha value is -2.67. The lowest BCUT2D eigenvalue weighted by atomic mass is 9.96. The molecular weight excluding hydrogens is 396 g/mol. The number of sulfonamides is 1. The molecule has 0 fully saturated rings. The Labute approximate surface area is 178 Å². The minimum atomic E-state index is -3.66. The van der Waals surface area contributed by atoms with Crippen molar-refractivity contribution in [2.24, 2.45) is 5.73 Å². The molecule has 0 bridgehead atoms. The van der Waals surface area contributed by atoms with Crippen LogP contribution in [0, 0.1) is 6.92 Å². The van der Waals surface area contributed by atoms with Crippen LogP contribution in [0.1, 0.15) is 29.2 Å². The number of nitrogens with two attached hydrogens (primary N) is 1. The summed E-state index contributed by atoms with van der Waals surface area (Å²) in [6, 6.07) is 23.5. The Morgan fingerprint density at radius 3 is 2.17 bits per heavy atom. The SMILES string of the molecule is COc1ccc([C@@H](N)C[C@H](Cc2ccccc2)NS(=O)(=O)c2ccc(C)cc2)cc1. The predicted octanol–water partition coefficient (Wildman–Crippen LogP) is 3.98. The van der Waals surface area contributed by atoms with Crippen LogP contribution in [-0.4, -0.2) is 21.6 Å². The summed E-state index contributed by atoms with van der Waals surface area (Å²) in [5.41, 5.74) is 9.44. The molecule has 0 spiro atoms. The van der Waals surface area contributed by atoms with Crippen LogP contribution < -0.4 is 15.2 Å². The van der Waals surface area contributed by atoms with Gasteiger partial charge in [0.1, 0.15) is 5.75 Å². The van der Waals surface area contributed by atoms with E-state index in [-0.39, 0.29) is 17.0 Å². The first-order valence-corrected chi connectivity index (χ1v) is 11.4. The summed E-state index contributed by atoms with van der Waals surface area (Å²) in [5.74, 6) is 0.756. The Balaban J connectivity index is 1.81. The molecule has 5 nitrogen and oxygen atoms in total. The number of benzene rings is 3. The Kier molecular flexibility index (Phi) is 7.26. The van der Waals surface area contributed by atoms with Crippen LogP contribution in [-0.2, 0) is 16.4 Å². The summed E-state index contributed by atoms with van der Waals surface area (Å²) < 4.78 is 34.0. The van der Waals surface area contributed by atoms with Gasteiger partial charge in [0.15, 0.2) is 0 Å². The Bertz CT molecular complexity index is 1030. The van der Waals surface area contributed by atoms with Crippen LogP contribution in [0.15, 0.2) is 83.8 Å². The van der Waals surface area contributed by atoms with Gasteiger partial charge in [-0.05, 0) is 55.2 Å². The number of nitrogens with one attached hydrogen (secondary N) is 1. The highest BCUT2D eigenvalue weighted by Crippen LogP contribution is 2.22. The van der Waals surface area contributed by atoms with E-state index in [1.165, 1.54) is 0 Å². The van der Waals surface area contributed by atoms with Gasteiger partial charge in [-0.3, -0.25) is 0 Å². The van der Waals surface area contributed by atoms with Gasteiger partial charge in [0.2, 0.25) is 10.0 Å². The summed E-state index contributed by atoms with van der Waals surface area (Å²) in [6.07, 6.45) is 1.02. The fourth-order valence-electron chi connectivity index (χ4n) is 3.37. The molecule has 0 amide bonds. The third-order valence-electron chi connectivity index (χ3n) is 5.06. The molecule has 0 unspecified atom stereocenters. The second kappa shape index (κ2) is 9.89. The molecule has 0 saturated carbocycles. The molecule has 0 aliphatic carbocycles. The quantitative estimate of drug-likeness (QED) is 0.544. The van der Waals surface area contributed by atoms with Gasteiger partial charge in [-0.15, -0.1) is 0 Å². The molecule has 3 aromatic carbocycles. The maximum Gasteiger partial charge on any atom is 0.240 e. The number of rotatable bonds is 9. The van der Waals surface area contributed by atoms with E-state index in [1.54, 1.807) is 31.4 Å². The van der Waals surface area contributed by atoms with E-state index in [0.29, 0.717) is 12.8 Å². The zero-order valence-electron chi connectivity index (χ0n) is 17.3. The van der Waals surface area contributed by atoms with Crippen molar-refractivity contribution in [2.45, 2.75) is 36.7 Å².